The molecule has 0 saturated heterocycles. The molecule has 0 aliphatic heterocycles. The predicted molar refractivity (Wildman–Crippen MR) is 65.9 cm³/mol. The Morgan fingerprint density at radius 3 is 2.41 bits per heavy atom. The zero-order valence-electron chi connectivity index (χ0n) is 9.41. The van der Waals surface area contributed by atoms with Crippen molar-refractivity contribution in [3.05, 3.63) is 57.8 Å². The zero-order chi connectivity index (χ0) is 12.5. The fourth-order valence-corrected chi connectivity index (χ4v) is 2.47. The van der Waals surface area contributed by atoms with Crippen molar-refractivity contribution in [2.45, 2.75) is 18.9 Å². The minimum atomic E-state index is -0.774. The Bertz CT molecular complexity index is 486. The van der Waals surface area contributed by atoms with Gasteiger partial charge in [-0.25, -0.2) is 8.78 Å². The Kier molecular flexibility index (Phi) is 3.26. The summed E-state index contributed by atoms with van der Waals surface area (Å²) >= 11 is 1.58. The second kappa shape index (κ2) is 4.55. The number of halogens is 2. The van der Waals surface area contributed by atoms with Crippen molar-refractivity contribution in [1.29, 1.82) is 0 Å². The van der Waals surface area contributed by atoms with Gasteiger partial charge < -0.3 is 5.73 Å². The minimum Gasteiger partial charge on any atom is -0.321 e. The van der Waals surface area contributed by atoms with E-state index in [1.165, 1.54) is 12.1 Å². The number of nitrogens with two attached hydrogens (primary N) is 1. The van der Waals surface area contributed by atoms with Crippen molar-refractivity contribution in [2.24, 2.45) is 5.73 Å². The minimum absolute atomic E-state index is 0.473. The molecule has 1 nitrogen and oxygen atoms in total. The largest absolute Gasteiger partial charge is 0.321 e. The molecular formula is C13H13F2NS. The van der Waals surface area contributed by atoms with Gasteiger partial charge >= 0.3 is 0 Å². The predicted octanol–water partition coefficient (Wildman–Crippen LogP) is 3.44. The Morgan fingerprint density at radius 2 is 1.88 bits per heavy atom. The van der Waals surface area contributed by atoms with Crippen LogP contribution in [-0.2, 0) is 12.0 Å². The number of hydrogen-bond acceptors (Lipinski definition) is 2. The average Bonchev–Trinajstić information content (AvgIpc) is 2.68. The van der Waals surface area contributed by atoms with E-state index in [0.717, 1.165) is 11.6 Å². The summed E-state index contributed by atoms with van der Waals surface area (Å²) in [5.74, 6) is -1.19. The highest BCUT2D eigenvalue weighted by Crippen LogP contribution is 2.25. The topological polar surface area (TPSA) is 26.0 Å². The number of thiophene rings is 1. The molecule has 4 heteroatoms. The molecule has 0 bridgehead atoms. The lowest BCUT2D eigenvalue weighted by Gasteiger charge is -2.25. The van der Waals surface area contributed by atoms with E-state index in [1.54, 1.807) is 18.3 Å². The van der Waals surface area contributed by atoms with Crippen LogP contribution in [0.15, 0.2) is 35.0 Å². The molecule has 2 rings (SSSR count). The summed E-state index contributed by atoms with van der Waals surface area (Å²) in [4.78, 5) is 0. The van der Waals surface area contributed by atoms with E-state index in [2.05, 4.69) is 0 Å². The SMILES string of the molecule is CC(N)(Cc1ccsc1)c1cc(F)cc(F)c1. The maximum atomic E-state index is 13.1. The van der Waals surface area contributed by atoms with Crippen LogP contribution in [0.3, 0.4) is 0 Å². The molecular weight excluding hydrogens is 240 g/mol. The molecule has 90 valence electrons. The van der Waals surface area contributed by atoms with Crippen molar-refractivity contribution in [3.8, 4) is 0 Å². The van der Waals surface area contributed by atoms with Gasteiger partial charge in [0.2, 0.25) is 0 Å². The monoisotopic (exact) mass is 253 g/mol. The summed E-state index contributed by atoms with van der Waals surface area (Å²) in [6, 6.07) is 5.39. The highest BCUT2D eigenvalue weighted by molar-refractivity contribution is 7.07. The van der Waals surface area contributed by atoms with Crippen LogP contribution >= 0.6 is 11.3 Å². The van der Waals surface area contributed by atoms with Gasteiger partial charge in [-0.05, 0) is 53.4 Å². The molecule has 0 saturated carbocycles. The highest BCUT2D eigenvalue weighted by atomic mass is 32.1. The lowest BCUT2D eigenvalue weighted by molar-refractivity contribution is 0.479. The summed E-state index contributed by atoms with van der Waals surface area (Å²) in [5, 5.41) is 3.94. The Labute approximate surface area is 103 Å². The fraction of sp³-hybridized carbons (Fsp3) is 0.231. The summed E-state index contributed by atoms with van der Waals surface area (Å²) in [6.07, 6.45) is 0.555. The lowest BCUT2D eigenvalue weighted by Crippen LogP contribution is -2.35. The second-order valence-electron chi connectivity index (χ2n) is 4.38. The number of benzene rings is 1. The van der Waals surface area contributed by atoms with Crippen LogP contribution in [-0.4, -0.2) is 0 Å². The van der Waals surface area contributed by atoms with Crippen molar-refractivity contribution < 1.29 is 8.78 Å². The molecule has 17 heavy (non-hydrogen) atoms. The van der Waals surface area contributed by atoms with Gasteiger partial charge in [0.25, 0.3) is 0 Å². The first kappa shape index (κ1) is 12.2. The lowest BCUT2D eigenvalue weighted by atomic mass is 9.87. The van der Waals surface area contributed by atoms with Crippen LogP contribution in [0.1, 0.15) is 18.1 Å². The molecule has 1 aromatic carbocycles. The van der Waals surface area contributed by atoms with E-state index < -0.39 is 17.2 Å². The van der Waals surface area contributed by atoms with Gasteiger partial charge in [0.1, 0.15) is 11.6 Å². The van der Waals surface area contributed by atoms with Gasteiger partial charge in [-0.1, -0.05) is 0 Å². The molecule has 1 unspecified atom stereocenters. The van der Waals surface area contributed by atoms with E-state index >= 15 is 0 Å². The molecule has 0 fully saturated rings. The molecule has 0 aliphatic rings. The van der Waals surface area contributed by atoms with E-state index in [1.807, 2.05) is 16.8 Å². The molecule has 1 heterocycles. The van der Waals surface area contributed by atoms with Crippen molar-refractivity contribution in [3.63, 3.8) is 0 Å². The van der Waals surface area contributed by atoms with Crippen LogP contribution in [0.2, 0.25) is 0 Å². The molecule has 0 aliphatic carbocycles. The van der Waals surface area contributed by atoms with Crippen LogP contribution in [0.25, 0.3) is 0 Å². The van der Waals surface area contributed by atoms with Gasteiger partial charge in [0, 0.05) is 11.6 Å². The molecule has 1 atom stereocenters. The second-order valence-corrected chi connectivity index (χ2v) is 5.16. The van der Waals surface area contributed by atoms with Gasteiger partial charge in [0.05, 0.1) is 0 Å². The van der Waals surface area contributed by atoms with Crippen LogP contribution in [0.4, 0.5) is 8.78 Å². The van der Waals surface area contributed by atoms with Crippen LogP contribution < -0.4 is 5.73 Å². The van der Waals surface area contributed by atoms with Crippen LogP contribution in [0, 0.1) is 11.6 Å². The fourth-order valence-electron chi connectivity index (χ4n) is 1.80. The standard InChI is InChI=1S/C13H13F2NS/c1-13(16,7-9-2-3-17-8-9)10-4-11(14)6-12(15)5-10/h2-6,8H,7,16H2,1H3. The van der Waals surface area contributed by atoms with E-state index in [0.29, 0.717) is 12.0 Å². The van der Waals surface area contributed by atoms with Gasteiger partial charge in [-0.3, -0.25) is 0 Å². The van der Waals surface area contributed by atoms with E-state index in [9.17, 15) is 8.78 Å². The highest BCUT2D eigenvalue weighted by Gasteiger charge is 2.23. The molecule has 2 N–H and O–H groups in total. The molecule has 0 spiro atoms. The third-order valence-electron chi connectivity index (χ3n) is 2.67. The Hall–Kier alpha value is -1.26. The molecule has 0 amide bonds. The van der Waals surface area contributed by atoms with Gasteiger partial charge in [0.15, 0.2) is 0 Å². The maximum Gasteiger partial charge on any atom is 0.126 e. The first-order valence-electron chi connectivity index (χ1n) is 5.24. The summed E-state index contributed by atoms with van der Waals surface area (Å²) in [5.41, 5.74) is 6.91. The van der Waals surface area contributed by atoms with Crippen molar-refractivity contribution in [2.75, 3.05) is 0 Å². The van der Waals surface area contributed by atoms with Crippen LogP contribution in [0.5, 0.6) is 0 Å². The van der Waals surface area contributed by atoms with Crippen molar-refractivity contribution in [1.82, 2.24) is 0 Å². The first-order chi connectivity index (χ1) is 7.97. The molecule has 2 aromatic rings. The zero-order valence-corrected chi connectivity index (χ0v) is 10.2. The third kappa shape index (κ3) is 2.90. The summed E-state index contributed by atoms with van der Waals surface area (Å²) in [6.45, 7) is 1.78. The normalized spacial score (nSPS) is 14.6. The van der Waals surface area contributed by atoms with Gasteiger partial charge in [-0.2, -0.15) is 11.3 Å². The smallest absolute Gasteiger partial charge is 0.126 e. The number of rotatable bonds is 3. The van der Waals surface area contributed by atoms with E-state index in [-0.39, 0.29) is 0 Å². The van der Waals surface area contributed by atoms with E-state index in [4.69, 9.17) is 5.73 Å². The summed E-state index contributed by atoms with van der Waals surface area (Å²) < 4.78 is 26.3. The van der Waals surface area contributed by atoms with Gasteiger partial charge in [-0.15, -0.1) is 0 Å². The maximum absolute atomic E-state index is 13.1. The first-order valence-corrected chi connectivity index (χ1v) is 6.18. The average molecular weight is 253 g/mol. The van der Waals surface area contributed by atoms with Crippen molar-refractivity contribution >= 4 is 11.3 Å². The summed E-state index contributed by atoms with van der Waals surface area (Å²) in [7, 11) is 0. The molecule has 0 radical (unpaired) electrons. The number of hydrogen-bond donors (Lipinski definition) is 1. The molecule has 1 aromatic heterocycles. The quantitative estimate of drug-likeness (QED) is 0.891. The third-order valence-corrected chi connectivity index (χ3v) is 3.41. The Balaban J connectivity index is 2.30. The Morgan fingerprint density at radius 1 is 1.24 bits per heavy atom.